The Morgan fingerprint density at radius 1 is 1.06 bits per heavy atom. The van der Waals surface area contributed by atoms with Gasteiger partial charge in [0.1, 0.15) is 17.7 Å². The van der Waals surface area contributed by atoms with Crippen LogP contribution in [-0.2, 0) is 11.8 Å². The fraction of sp³-hybridized carbons (Fsp3) is 0.792. The minimum Gasteiger partial charge on any atom is -0.480 e. The number of nitrogens with zero attached hydrogens (tertiary/aromatic N) is 3. The van der Waals surface area contributed by atoms with E-state index in [4.69, 9.17) is 0 Å². The fourth-order valence-corrected chi connectivity index (χ4v) is 6.04. The zero-order chi connectivity index (χ0) is 22.7. The van der Waals surface area contributed by atoms with Crippen molar-refractivity contribution < 1.29 is 20.1 Å². The van der Waals surface area contributed by atoms with Crippen LogP contribution in [0.15, 0.2) is 12.1 Å². The van der Waals surface area contributed by atoms with Crippen molar-refractivity contribution in [3.05, 3.63) is 12.1 Å². The molecule has 8 heteroatoms. The van der Waals surface area contributed by atoms with E-state index in [2.05, 4.69) is 25.8 Å². The summed E-state index contributed by atoms with van der Waals surface area (Å²) in [5.74, 6) is 1.61. The maximum atomic E-state index is 12.4. The maximum absolute atomic E-state index is 12.4. The number of rotatable bonds is 6. The van der Waals surface area contributed by atoms with Crippen molar-refractivity contribution in [1.29, 1.82) is 0 Å². The van der Waals surface area contributed by atoms with Crippen molar-refractivity contribution in [1.82, 2.24) is 9.47 Å². The molecule has 0 amide bonds. The van der Waals surface area contributed by atoms with Gasteiger partial charge in [-0.05, 0) is 82.4 Å². The Morgan fingerprint density at radius 2 is 1.84 bits per heavy atom. The number of hydrogen-bond acceptors (Lipinski definition) is 6. The number of likely N-dealkylation sites (tertiary alicyclic amines) is 1. The van der Waals surface area contributed by atoms with E-state index in [-0.39, 0.29) is 24.8 Å². The van der Waals surface area contributed by atoms with Crippen molar-refractivity contribution in [3.8, 4) is 0 Å². The summed E-state index contributed by atoms with van der Waals surface area (Å²) in [6.07, 6.45) is 8.38. The van der Waals surface area contributed by atoms with E-state index in [1.54, 1.807) is 0 Å². The number of aliphatic hydroxyl groups excluding tert-OH is 2. The summed E-state index contributed by atoms with van der Waals surface area (Å²) in [7, 11) is 2.02. The van der Waals surface area contributed by atoms with Gasteiger partial charge in [-0.1, -0.05) is 0 Å². The number of carbonyl (C=O) groups is 1. The molecule has 0 bridgehead atoms. The number of hydrogen-bond donors (Lipinski definition) is 4. The number of carboxylic acid groups (broad SMARTS) is 1. The van der Waals surface area contributed by atoms with E-state index in [0.717, 1.165) is 82.5 Å². The summed E-state index contributed by atoms with van der Waals surface area (Å²) >= 11 is 0. The Labute approximate surface area is 191 Å². The lowest BCUT2D eigenvalue weighted by atomic mass is 9.83. The van der Waals surface area contributed by atoms with Crippen LogP contribution in [-0.4, -0.2) is 81.2 Å². The minimum atomic E-state index is -0.753. The molecule has 32 heavy (non-hydrogen) atoms. The van der Waals surface area contributed by atoms with Crippen molar-refractivity contribution in [2.24, 2.45) is 13.0 Å². The minimum absolute atomic E-state index is 0.145. The Hall–Kier alpha value is -1.77. The van der Waals surface area contributed by atoms with Crippen molar-refractivity contribution in [2.45, 2.75) is 82.0 Å². The van der Waals surface area contributed by atoms with Crippen LogP contribution in [0.3, 0.4) is 0 Å². The monoisotopic (exact) mass is 448 g/mol. The zero-order valence-electron chi connectivity index (χ0n) is 19.3. The predicted molar refractivity (Wildman–Crippen MR) is 125 cm³/mol. The summed E-state index contributed by atoms with van der Waals surface area (Å²) in [5.41, 5.74) is 0. The third-order valence-corrected chi connectivity index (χ3v) is 7.87. The molecule has 0 aromatic carbocycles. The molecule has 3 aliphatic rings. The van der Waals surface area contributed by atoms with Gasteiger partial charge in [0.2, 0.25) is 0 Å². The molecule has 1 aliphatic carbocycles. The van der Waals surface area contributed by atoms with Crippen LogP contribution >= 0.6 is 0 Å². The first-order valence-electron chi connectivity index (χ1n) is 12.4. The number of anilines is 2. The smallest absolute Gasteiger partial charge is 0.323 e. The molecular formula is C24H40N4O4. The fourth-order valence-electron chi connectivity index (χ4n) is 6.04. The van der Waals surface area contributed by atoms with Crippen LogP contribution in [0.5, 0.6) is 0 Å². The molecule has 3 heterocycles. The molecule has 0 radical (unpaired) electrons. The highest BCUT2D eigenvalue weighted by atomic mass is 16.4. The third kappa shape index (κ3) is 5.07. The Bertz CT molecular complexity index is 761. The van der Waals surface area contributed by atoms with Crippen molar-refractivity contribution >= 4 is 17.6 Å². The SMILES string of the molecule is Cn1c(NC2CCCN(C3CCC(CO)CC3)C2C(=O)O)ccc1N1CCCCC(O)C1. The highest BCUT2D eigenvalue weighted by molar-refractivity contribution is 5.75. The lowest BCUT2D eigenvalue weighted by Gasteiger charge is -2.45. The lowest BCUT2D eigenvalue weighted by Crippen LogP contribution is -2.59. The number of nitrogens with one attached hydrogen (secondary N) is 1. The van der Waals surface area contributed by atoms with E-state index in [0.29, 0.717) is 12.5 Å². The number of aromatic nitrogens is 1. The molecule has 1 aromatic rings. The second-order valence-corrected chi connectivity index (χ2v) is 10.0. The summed E-state index contributed by atoms with van der Waals surface area (Å²) in [6, 6.07) is 3.71. The Balaban J connectivity index is 1.47. The van der Waals surface area contributed by atoms with Crippen molar-refractivity contribution in [3.63, 3.8) is 0 Å². The topological polar surface area (TPSA) is 101 Å². The zero-order valence-corrected chi connectivity index (χ0v) is 19.3. The highest BCUT2D eigenvalue weighted by Gasteiger charge is 2.41. The number of carboxylic acids is 1. The quantitative estimate of drug-likeness (QED) is 0.530. The molecule has 3 unspecified atom stereocenters. The van der Waals surface area contributed by atoms with E-state index < -0.39 is 12.0 Å². The molecule has 3 atom stereocenters. The number of aliphatic hydroxyl groups is 2. The molecule has 4 N–H and O–H groups in total. The van der Waals surface area contributed by atoms with Crippen molar-refractivity contribution in [2.75, 3.05) is 36.5 Å². The maximum Gasteiger partial charge on any atom is 0.323 e. The molecule has 3 fully saturated rings. The van der Waals surface area contributed by atoms with Crippen LogP contribution in [0.4, 0.5) is 11.6 Å². The second-order valence-electron chi connectivity index (χ2n) is 10.0. The summed E-state index contributed by atoms with van der Waals surface area (Å²) < 4.78 is 2.10. The Kier molecular flexibility index (Phi) is 7.63. The molecule has 2 aliphatic heterocycles. The first-order chi connectivity index (χ1) is 15.5. The molecule has 1 aromatic heterocycles. The standard InChI is InChI=1S/C24H40N4O4/c1-26-21(11-12-22(26)27-13-3-2-5-19(30)15-27)25-20-6-4-14-28(23(20)24(31)32)18-9-7-17(16-29)8-10-18/h11-12,17-20,23,25,29-30H,2-10,13-16H2,1H3,(H,31,32). The molecular weight excluding hydrogens is 408 g/mol. The molecule has 180 valence electrons. The third-order valence-electron chi connectivity index (χ3n) is 7.87. The van der Waals surface area contributed by atoms with Gasteiger partial charge in [0.05, 0.1) is 12.1 Å². The van der Waals surface area contributed by atoms with Gasteiger partial charge in [-0.25, -0.2) is 0 Å². The molecule has 1 saturated carbocycles. The van der Waals surface area contributed by atoms with E-state index in [9.17, 15) is 20.1 Å². The molecule has 8 nitrogen and oxygen atoms in total. The van der Waals surface area contributed by atoms with Gasteiger partial charge in [0.15, 0.2) is 0 Å². The van der Waals surface area contributed by atoms with Crippen LogP contribution in [0.25, 0.3) is 0 Å². The largest absolute Gasteiger partial charge is 0.480 e. The number of piperidine rings is 1. The number of aliphatic carboxylic acids is 1. The normalized spacial score (nSPS) is 32.5. The molecule has 4 rings (SSSR count). The van der Waals surface area contributed by atoms with E-state index in [1.807, 2.05) is 13.1 Å². The summed E-state index contributed by atoms with van der Waals surface area (Å²) in [5, 5.41) is 33.4. The van der Waals surface area contributed by atoms with Gasteiger partial charge in [-0.15, -0.1) is 0 Å². The molecule has 0 spiro atoms. The summed E-state index contributed by atoms with van der Waals surface area (Å²) in [6.45, 7) is 2.64. The number of β-amino-alcohol motifs (C(OH)–C–C–N with tert-alkyl or cyclic N) is 1. The average molecular weight is 449 g/mol. The summed E-state index contributed by atoms with van der Waals surface area (Å²) in [4.78, 5) is 16.8. The van der Waals surface area contributed by atoms with Crippen LogP contribution in [0.1, 0.15) is 57.8 Å². The van der Waals surface area contributed by atoms with Crippen LogP contribution in [0.2, 0.25) is 0 Å². The first-order valence-corrected chi connectivity index (χ1v) is 12.4. The highest BCUT2D eigenvalue weighted by Crippen LogP contribution is 2.33. The van der Waals surface area contributed by atoms with Gasteiger partial charge in [0, 0.05) is 32.8 Å². The van der Waals surface area contributed by atoms with Gasteiger partial charge < -0.3 is 30.1 Å². The van der Waals surface area contributed by atoms with Crippen LogP contribution in [0, 0.1) is 5.92 Å². The predicted octanol–water partition coefficient (Wildman–Crippen LogP) is 2.26. The average Bonchev–Trinajstić information content (AvgIpc) is 3.01. The van der Waals surface area contributed by atoms with E-state index in [1.165, 1.54) is 0 Å². The van der Waals surface area contributed by atoms with Gasteiger partial charge in [-0.2, -0.15) is 0 Å². The second kappa shape index (κ2) is 10.4. The van der Waals surface area contributed by atoms with Crippen LogP contribution < -0.4 is 10.2 Å². The van der Waals surface area contributed by atoms with Gasteiger partial charge >= 0.3 is 5.97 Å². The molecule has 2 saturated heterocycles. The van der Waals surface area contributed by atoms with Gasteiger partial charge in [-0.3, -0.25) is 9.69 Å². The van der Waals surface area contributed by atoms with E-state index >= 15 is 0 Å². The van der Waals surface area contributed by atoms with Gasteiger partial charge in [0.25, 0.3) is 0 Å². The Morgan fingerprint density at radius 3 is 2.56 bits per heavy atom. The lowest BCUT2D eigenvalue weighted by molar-refractivity contribution is -0.146. The first kappa shape index (κ1) is 23.4.